The number of nitrogens with one attached hydrogen (secondary N) is 1. The van der Waals surface area contributed by atoms with Gasteiger partial charge in [0.15, 0.2) is 0 Å². The van der Waals surface area contributed by atoms with E-state index in [2.05, 4.69) is 5.32 Å². The highest BCUT2D eigenvalue weighted by atomic mass is 16.5. The molecule has 14 heavy (non-hydrogen) atoms. The molecule has 0 radical (unpaired) electrons. The molecule has 1 aliphatic rings. The Kier molecular flexibility index (Phi) is 3.52. The standard InChI is InChI=1S/C10H18N2O2/c1-10(2,11)9(13)12-7-8-5-3-4-6-14-8/h4,6,8H,3,5,7,11H2,1-2H3,(H,12,13). The van der Waals surface area contributed by atoms with Crippen LogP contribution in [-0.4, -0.2) is 24.1 Å². The molecule has 0 aromatic carbocycles. The molecule has 0 saturated heterocycles. The lowest BCUT2D eigenvalue weighted by Crippen LogP contribution is -2.50. The second-order valence-corrected chi connectivity index (χ2v) is 4.14. The van der Waals surface area contributed by atoms with Gasteiger partial charge in [-0.25, -0.2) is 0 Å². The zero-order valence-corrected chi connectivity index (χ0v) is 8.75. The molecule has 1 heterocycles. The van der Waals surface area contributed by atoms with Crippen LogP contribution in [0.1, 0.15) is 26.7 Å². The lowest BCUT2D eigenvalue weighted by Gasteiger charge is -2.23. The van der Waals surface area contributed by atoms with E-state index in [-0.39, 0.29) is 12.0 Å². The Balaban J connectivity index is 2.26. The van der Waals surface area contributed by atoms with Crippen LogP contribution in [0.2, 0.25) is 0 Å². The van der Waals surface area contributed by atoms with Gasteiger partial charge in [-0.15, -0.1) is 0 Å². The molecule has 0 aromatic rings. The number of carbonyl (C=O) groups excluding carboxylic acids is 1. The molecule has 1 atom stereocenters. The van der Waals surface area contributed by atoms with E-state index in [1.54, 1.807) is 20.1 Å². The highest BCUT2D eigenvalue weighted by molar-refractivity contribution is 5.85. The Labute approximate surface area is 84.5 Å². The zero-order valence-electron chi connectivity index (χ0n) is 8.75. The van der Waals surface area contributed by atoms with Crippen LogP contribution in [0.5, 0.6) is 0 Å². The molecule has 0 fully saturated rings. The van der Waals surface area contributed by atoms with Crippen LogP contribution < -0.4 is 11.1 Å². The number of allylic oxidation sites excluding steroid dienone is 1. The van der Waals surface area contributed by atoms with E-state index >= 15 is 0 Å². The van der Waals surface area contributed by atoms with Crippen LogP contribution in [-0.2, 0) is 9.53 Å². The first-order valence-corrected chi connectivity index (χ1v) is 4.88. The van der Waals surface area contributed by atoms with Crippen molar-refractivity contribution < 1.29 is 9.53 Å². The van der Waals surface area contributed by atoms with Gasteiger partial charge in [-0.1, -0.05) is 0 Å². The van der Waals surface area contributed by atoms with E-state index in [1.165, 1.54) is 0 Å². The summed E-state index contributed by atoms with van der Waals surface area (Å²) in [5, 5.41) is 2.77. The molecule has 4 heteroatoms. The first-order chi connectivity index (χ1) is 6.50. The minimum Gasteiger partial charge on any atom is -0.497 e. The SMILES string of the molecule is CC(C)(N)C(=O)NCC1CCC=CO1. The molecule has 0 saturated carbocycles. The molecule has 1 rings (SSSR count). The van der Waals surface area contributed by atoms with Gasteiger partial charge < -0.3 is 15.8 Å². The Morgan fingerprint density at radius 3 is 2.93 bits per heavy atom. The maximum absolute atomic E-state index is 11.4. The lowest BCUT2D eigenvalue weighted by molar-refractivity contribution is -0.125. The minimum absolute atomic E-state index is 0.0892. The topological polar surface area (TPSA) is 64.4 Å². The van der Waals surface area contributed by atoms with E-state index < -0.39 is 5.54 Å². The fourth-order valence-electron chi connectivity index (χ4n) is 1.17. The first kappa shape index (κ1) is 11.0. The number of amides is 1. The Morgan fingerprint density at radius 2 is 2.43 bits per heavy atom. The summed E-state index contributed by atoms with van der Waals surface area (Å²) in [7, 11) is 0. The van der Waals surface area contributed by atoms with Crippen molar-refractivity contribution in [1.29, 1.82) is 0 Å². The second kappa shape index (κ2) is 4.46. The number of nitrogens with two attached hydrogens (primary N) is 1. The summed E-state index contributed by atoms with van der Waals surface area (Å²) >= 11 is 0. The second-order valence-electron chi connectivity index (χ2n) is 4.14. The maximum Gasteiger partial charge on any atom is 0.239 e. The van der Waals surface area contributed by atoms with Gasteiger partial charge in [-0.3, -0.25) is 4.79 Å². The molecule has 1 amide bonds. The fraction of sp³-hybridized carbons (Fsp3) is 0.700. The van der Waals surface area contributed by atoms with Gasteiger partial charge in [-0.05, 0) is 32.8 Å². The molecule has 80 valence electrons. The molecule has 0 aromatic heterocycles. The quantitative estimate of drug-likeness (QED) is 0.695. The number of ether oxygens (including phenoxy) is 1. The van der Waals surface area contributed by atoms with Crippen LogP contribution in [0.15, 0.2) is 12.3 Å². The van der Waals surface area contributed by atoms with E-state index in [0.717, 1.165) is 12.8 Å². The van der Waals surface area contributed by atoms with Crippen molar-refractivity contribution in [3.8, 4) is 0 Å². The minimum atomic E-state index is -0.815. The van der Waals surface area contributed by atoms with Crippen molar-refractivity contribution in [3.05, 3.63) is 12.3 Å². The monoisotopic (exact) mass is 198 g/mol. The Bertz CT molecular complexity index is 231. The van der Waals surface area contributed by atoms with Crippen LogP contribution in [0, 0.1) is 0 Å². The summed E-state index contributed by atoms with van der Waals surface area (Å²) < 4.78 is 5.30. The van der Waals surface area contributed by atoms with Crippen molar-refractivity contribution in [1.82, 2.24) is 5.32 Å². The molecule has 0 bridgehead atoms. The van der Waals surface area contributed by atoms with Crippen molar-refractivity contribution in [2.75, 3.05) is 6.54 Å². The summed E-state index contributed by atoms with van der Waals surface area (Å²) in [6, 6.07) is 0. The van der Waals surface area contributed by atoms with Crippen molar-refractivity contribution in [3.63, 3.8) is 0 Å². The molecule has 0 spiro atoms. The lowest BCUT2D eigenvalue weighted by atomic mass is 10.1. The third-order valence-corrected chi connectivity index (χ3v) is 2.10. The summed E-state index contributed by atoms with van der Waals surface area (Å²) in [6.45, 7) is 3.90. The predicted octanol–water partition coefficient (Wildman–Crippen LogP) is 0.533. The third kappa shape index (κ3) is 3.38. The summed E-state index contributed by atoms with van der Waals surface area (Å²) in [6.07, 6.45) is 5.71. The number of carbonyl (C=O) groups is 1. The van der Waals surface area contributed by atoms with Crippen molar-refractivity contribution in [2.24, 2.45) is 5.73 Å². The van der Waals surface area contributed by atoms with Crippen molar-refractivity contribution >= 4 is 5.91 Å². The molecule has 4 nitrogen and oxygen atoms in total. The number of rotatable bonds is 3. The van der Waals surface area contributed by atoms with Gasteiger partial charge in [0.25, 0.3) is 0 Å². The van der Waals surface area contributed by atoms with Gasteiger partial charge in [0.05, 0.1) is 18.3 Å². The zero-order chi connectivity index (χ0) is 10.6. The Morgan fingerprint density at radius 1 is 1.71 bits per heavy atom. The largest absolute Gasteiger partial charge is 0.497 e. The van der Waals surface area contributed by atoms with Crippen LogP contribution >= 0.6 is 0 Å². The van der Waals surface area contributed by atoms with E-state index in [4.69, 9.17) is 10.5 Å². The van der Waals surface area contributed by atoms with Crippen LogP contribution in [0.3, 0.4) is 0 Å². The van der Waals surface area contributed by atoms with E-state index in [1.807, 2.05) is 6.08 Å². The smallest absolute Gasteiger partial charge is 0.239 e. The number of hydrogen-bond donors (Lipinski definition) is 2. The molecule has 1 aliphatic heterocycles. The van der Waals surface area contributed by atoms with Gasteiger partial charge in [0.1, 0.15) is 6.10 Å². The van der Waals surface area contributed by atoms with Crippen molar-refractivity contribution in [2.45, 2.75) is 38.3 Å². The average Bonchev–Trinajstić information content (AvgIpc) is 2.14. The normalized spacial score (nSPS) is 21.5. The third-order valence-electron chi connectivity index (χ3n) is 2.10. The first-order valence-electron chi connectivity index (χ1n) is 4.88. The van der Waals surface area contributed by atoms with Gasteiger partial charge in [-0.2, -0.15) is 0 Å². The molecule has 1 unspecified atom stereocenters. The molecular weight excluding hydrogens is 180 g/mol. The van der Waals surface area contributed by atoms with Gasteiger partial charge in [0.2, 0.25) is 5.91 Å². The fourth-order valence-corrected chi connectivity index (χ4v) is 1.17. The summed E-state index contributed by atoms with van der Waals surface area (Å²) in [5.41, 5.74) is 4.81. The molecule has 3 N–H and O–H groups in total. The maximum atomic E-state index is 11.4. The summed E-state index contributed by atoms with van der Waals surface area (Å²) in [4.78, 5) is 11.4. The molecule has 0 aliphatic carbocycles. The van der Waals surface area contributed by atoms with Gasteiger partial charge in [0, 0.05) is 0 Å². The average molecular weight is 198 g/mol. The predicted molar refractivity (Wildman–Crippen MR) is 54.5 cm³/mol. The highest BCUT2D eigenvalue weighted by Gasteiger charge is 2.22. The van der Waals surface area contributed by atoms with Gasteiger partial charge >= 0.3 is 0 Å². The Hall–Kier alpha value is -1.03. The van der Waals surface area contributed by atoms with Crippen LogP contribution in [0.25, 0.3) is 0 Å². The summed E-state index contributed by atoms with van der Waals surface area (Å²) in [5.74, 6) is -0.143. The van der Waals surface area contributed by atoms with E-state index in [9.17, 15) is 4.79 Å². The van der Waals surface area contributed by atoms with Crippen LogP contribution in [0.4, 0.5) is 0 Å². The highest BCUT2D eigenvalue weighted by Crippen LogP contribution is 2.09. The molecular formula is C10H18N2O2. The number of hydrogen-bond acceptors (Lipinski definition) is 3. The van der Waals surface area contributed by atoms with E-state index in [0.29, 0.717) is 6.54 Å².